The molecule has 1 rings (SSSR count). The van der Waals surface area contributed by atoms with E-state index in [2.05, 4.69) is 17.9 Å². The van der Waals surface area contributed by atoms with Gasteiger partial charge in [-0.1, -0.05) is 18.2 Å². The largest absolute Gasteiger partial charge is 0.480 e. The molecule has 0 heterocycles. The van der Waals surface area contributed by atoms with Gasteiger partial charge in [-0.2, -0.15) is 0 Å². The number of carbonyl (C=O) groups is 2. The molecule has 20 heavy (non-hydrogen) atoms. The first kappa shape index (κ1) is 16.4. The van der Waals surface area contributed by atoms with Crippen molar-refractivity contribution in [2.24, 2.45) is 0 Å². The lowest BCUT2D eigenvalue weighted by atomic mass is 10.1. The van der Waals surface area contributed by atoms with E-state index in [1.807, 2.05) is 6.07 Å². The second-order valence-corrected chi connectivity index (χ2v) is 5.85. The van der Waals surface area contributed by atoms with Crippen LogP contribution < -0.4 is 5.32 Å². The second-order valence-electron chi connectivity index (χ2n) is 5.37. The summed E-state index contributed by atoms with van der Waals surface area (Å²) in [6.07, 6.45) is -0.601. The number of aliphatic carboxylic acids is 1. The minimum Gasteiger partial charge on any atom is -0.480 e. The van der Waals surface area contributed by atoms with Crippen molar-refractivity contribution in [1.82, 2.24) is 5.32 Å². The van der Waals surface area contributed by atoms with Crippen molar-refractivity contribution in [1.29, 1.82) is 0 Å². The van der Waals surface area contributed by atoms with Crippen LogP contribution in [0.4, 0.5) is 4.79 Å². The maximum Gasteiger partial charge on any atom is 0.408 e. The van der Waals surface area contributed by atoms with Gasteiger partial charge in [0.1, 0.15) is 11.6 Å². The van der Waals surface area contributed by atoms with Crippen molar-refractivity contribution in [2.45, 2.75) is 43.7 Å². The van der Waals surface area contributed by atoms with Crippen LogP contribution in [0.3, 0.4) is 0 Å². The molecule has 2 N–H and O–H groups in total. The summed E-state index contributed by atoms with van der Waals surface area (Å²) in [5.74, 6) is -1.12. The number of nitrogens with one attached hydrogen (secondary N) is 1. The number of carboxylic acid groups (broad SMARTS) is 1. The van der Waals surface area contributed by atoms with Crippen LogP contribution in [0.2, 0.25) is 0 Å². The summed E-state index contributed by atoms with van der Waals surface area (Å²) < 4.78 is 5.05. The number of alkyl carbamates (subject to hydrolysis) is 1. The molecule has 1 aromatic rings. The van der Waals surface area contributed by atoms with E-state index in [4.69, 9.17) is 4.74 Å². The van der Waals surface area contributed by atoms with Gasteiger partial charge < -0.3 is 15.2 Å². The summed E-state index contributed by atoms with van der Waals surface area (Å²) in [6.45, 7) is 5.14. The molecule has 1 aromatic carbocycles. The molecule has 0 saturated heterocycles. The Labute approximate surface area is 123 Å². The number of thiol groups is 1. The fourth-order valence-corrected chi connectivity index (χ4v) is 1.81. The van der Waals surface area contributed by atoms with E-state index in [0.29, 0.717) is 4.90 Å². The van der Waals surface area contributed by atoms with Crippen molar-refractivity contribution in [3.63, 3.8) is 0 Å². The molecule has 0 aliphatic rings. The highest BCUT2D eigenvalue weighted by Gasteiger charge is 2.24. The Morgan fingerprint density at radius 1 is 1.35 bits per heavy atom. The van der Waals surface area contributed by atoms with E-state index in [9.17, 15) is 14.7 Å². The topological polar surface area (TPSA) is 75.6 Å². The third kappa shape index (κ3) is 5.52. The molecule has 0 fully saturated rings. The van der Waals surface area contributed by atoms with Crippen LogP contribution in [0.5, 0.6) is 0 Å². The predicted molar refractivity (Wildman–Crippen MR) is 78.2 cm³/mol. The van der Waals surface area contributed by atoms with Gasteiger partial charge in [0.2, 0.25) is 0 Å². The van der Waals surface area contributed by atoms with Crippen LogP contribution in [0.1, 0.15) is 26.3 Å². The average Bonchev–Trinajstić information content (AvgIpc) is 2.28. The fourth-order valence-electron chi connectivity index (χ4n) is 1.55. The molecule has 1 amide bonds. The van der Waals surface area contributed by atoms with Crippen molar-refractivity contribution < 1.29 is 19.4 Å². The van der Waals surface area contributed by atoms with Gasteiger partial charge in [0.05, 0.1) is 0 Å². The molecule has 1 atom stereocenters. The van der Waals surface area contributed by atoms with Crippen LogP contribution in [0.25, 0.3) is 0 Å². The minimum absolute atomic E-state index is 0.147. The SMILES string of the molecule is CC(C)(C)OC(=O)N[C@@H](Cc1ccccc1S)C(=O)O. The van der Waals surface area contributed by atoms with Gasteiger partial charge in [-0.25, -0.2) is 9.59 Å². The highest BCUT2D eigenvalue weighted by molar-refractivity contribution is 7.80. The molecular formula is C14H19NO4S. The van der Waals surface area contributed by atoms with Crippen LogP contribution >= 0.6 is 12.6 Å². The molecule has 0 spiro atoms. The Balaban J connectivity index is 2.74. The summed E-state index contributed by atoms with van der Waals surface area (Å²) >= 11 is 4.26. The van der Waals surface area contributed by atoms with Crippen molar-refractivity contribution in [3.8, 4) is 0 Å². The van der Waals surface area contributed by atoms with E-state index >= 15 is 0 Å². The number of hydrogen-bond acceptors (Lipinski definition) is 4. The Morgan fingerprint density at radius 2 is 1.95 bits per heavy atom. The Bertz CT molecular complexity index is 496. The fraction of sp³-hybridized carbons (Fsp3) is 0.429. The van der Waals surface area contributed by atoms with Crippen LogP contribution in [-0.2, 0) is 16.0 Å². The standard InChI is InChI=1S/C14H19NO4S/c1-14(2,3)19-13(18)15-10(12(16)17)8-9-6-4-5-7-11(9)20/h4-7,10,20H,8H2,1-3H3,(H,15,18)(H,16,17)/t10-/m0/s1. The summed E-state index contributed by atoms with van der Waals surface area (Å²) in [5.41, 5.74) is 0.0773. The van der Waals surface area contributed by atoms with Crippen molar-refractivity contribution in [3.05, 3.63) is 29.8 Å². The predicted octanol–water partition coefficient (Wildman–Crippen LogP) is 2.50. The monoisotopic (exact) mass is 297 g/mol. The zero-order valence-electron chi connectivity index (χ0n) is 11.7. The molecule has 0 aliphatic carbocycles. The summed E-state index contributed by atoms with van der Waals surface area (Å²) in [6, 6.07) is 6.09. The van der Waals surface area contributed by atoms with Gasteiger partial charge in [-0.15, -0.1) is 12.6 Å². The second kappa shape index (κ2) is 6.65. The third-order valence-electron chi connectivity index (χ3n) is 2.40. The Hall–Kier alpha value is -1.69. The van der Waals surface area contributed by atoms with Crippen LogP contribution in [-0.4, -0.2) is 28.8 Å². The van der Waals surface area contributed by atoms with Crippen molar-refractivity contribution >= 4 is 24.7 Å². The first-order chi connectivity index (χ1) is 9.19. The van der Waals surface area contributed by atoms with E-state index in [0.717, 1.165) is 5.56 Å². The normalized spacial score (nSPS) is 12.6. The van der Waals surface area contributed by atoms with Gasteiger partial charge >= 0.3 is 12.1 Å². The molecule has 0 bridgehead atoms. The number of ether oxygens (including phenoxy) is 1. The quantitative estimate of drug-likeness (QED) is 0.746. The van der Waals surface area contributed by atoms with Gasteiger partial charge in [0.15, 0.2) is 0 Å². The van der Waals surface area contributed by atoms with E-state index < -0.39 is 23.7 Å². The maximum atomic E-state index is 11.6. The lowest BCUT2D eigenvalue weighted by Gasteiger charge is -2.22. The highest BCUT2D eigenvalue weighted by atomic mass is 32.1. The van der Waals surface area contributed by atoms with E-state index in [1.165, 1.54) is 0 Å². The lowest BCUT2D eigenvalue weighted by molar-refractivity contribution is -0.139. The highest BCUT2D eigenvalue weighted by Crippen LogP contribution is 2.15. The van der Waals surface area contributed by atoms with Gasteiger partial charge in [0.25, 0.3) is 0 Å². The van der Waals surface area contributed by atoms with E-state index in [-0.39, 0.29) is 6.42 Å². The molecule has 6 heteroatoms. The first-order valence-electron chi connectivity index (χ1n) is 6.18. The summed E-state index contributed by atoms with van der Waals surface area (Å²) in [5, 5.41) is 11.5. The Morgan fingerprint density at radius 3 is 2.45 bits per heavy atom. The number of carboxylic acids is 1. The van der Waals surface area contributed by atoms with E-state index in [1.54, 1.807) is 39.0 Å². The molecule has 0 aromatic heterocycles. The molecule has 0 unspecified atom stereocenters. The van der Waals surface area contributed by atoms with Crippen LogP contribution in [0, 0.1) is 0 Å². The zero-order valence-corrected chi connectivity index (χ0v) is 12.6. The summed E-state index contributed by atoms with van der Waals surface area (Å²) in [4.78, 5) is 23.5. The number of rotatable bonds is 4. The van der Waals surface area contributed by atoms with Crippen molar-refractivity contribution in [2.75, 3.05) is 0 Å². The average molecular weight is 297 g/mol. The smallest absolute Gasteiger partial charge is 0.408 e. The van der Waals surface area contributed by atoms with Gasteiger partial charge in [-0.05, 0) is 32.4 Å². The number of carbonyl (C=O) groups excluding carboxylic acids is 1. The molecule has 0 radical (unpaired) electrons. The van der Waals surface area contributed by atoms with Crippen LogP contribution in [0.15, 0.2) is 29.2 Å². The molecule has 0 aliphatic heterocycles. The molecule has 5 nitrogen and oxygen atoms in total. The maximum absolute atomic E-state index is 11.6. The minimum atomic E-state index is -1.12. The number of hydrogen-bond donors (Lipinski definition) is 3. The Kier molecular flexibility index (Phi) is 5.44. The lowest BCUT2D eigenvalue weighted by Crippen LogP contribution is -2.44. The molecule has 0 saturated carbocycles. The van der Waals surface area contributed by atoms with Gasteiger partial charge in [-0.3, -0.25) is 0 Å². The third-order valence-corrected chi connectivity index (χ3v) is 2.84. The first-order valence-corrected chi connectivity index (χ1v) is 6.63. The summed E-state index contributed by atoms with van der Waals surface area (Å²) in [7, 11) is 0. The number of amides is 1. The molecular weight excluding hydrogens is 278 g/mol. The number of benzene rings is 1. The zero-order chi connectivity index (χ0) is 15.3. The van der Waals surface area contributed by atoms with Gasteiger partial charge in [0, 0.05) is 11.3 Å². The molecule has 110 valence electrons.